The molecule has 2 rings (SSSR count). The predicted molar refractivity (Wildman–Crippen MR) is 68.4 cm³/mol. The van der Waals surface area contributed by atoms with E-state index in [1.54, 1.807) is 0 Å². The first kappa shape index (κ1) is 13.6. The highest BCUT2D eigenvalue weighted by atomic mass is 79.9. The van der Waals surface area contributed by atoms with Crippen LogP contribution in [0.5, 0.6) is 0 Å². The fourth-order valence-electron chi connectivity index (χ4n) is 1.43. The minimum atomic E-state index is -1.14. The molecule has 2 aromatic carbocycles. The Morgan fingerprint density at radius 2 is 1.79 bits per heavy atom. The van der Waals surface area contributed by atoms with Crippen LogP contribution in [0.1, 0.15) is 10.4 Å². The molecular formula is C13H7BrF3NO. The summed E-state index contributed by atoms with van der Waals surface area (Å²) in [5, 5.41) is 2.22. The molecule has 0 aliphatic carbocycles. The Kier molecular flexibility index (Phi) is 3.90. The first-order valence-corrected chi connectivity index (χ1v) is 5.99. The number of rotatable bonds is 2. The van der Waals surface area contributed by atoms with Gasteiger partial charge >= 0.3 is 0 Å². The summed E-state index contributed by atoms with van der Waals surface area (Å²) in [6.07, 6.45) is 0. The van der Waals surface area contributed by atoms with Crippen molar-refractivity contribution in [1.29, 1.82) is 0 Å². The normalized spacial score (nSPS) is 10.3. The Labute approximate surface area is 115 Å². The number of halogens is 4. The molecule has 0 aliphatic heterocycles. The van der Waals surface area contributed by atoms with Crippen molar-refractivity contribution >= 4 is 27.5 Å². The maximum atomic E-state index is 13.4. The van der Waals surface area contributed by atoms with E-state index in [0.29, 0.717) is 0 Å². The zero-order valence-electron chi connectivity index (χ0n) is 9.38. The number of nitrogens with one attached hydrogen (secondary N) is 1. The number of carbonyl (C=O) groups is 1. The van der Waals surface area contributed by atoms with Crippen LogP contribution in [0.15, 0.2) is 40.9 Å². The van der Waals surface area contributed by atoms with Gasteiger partial charge in [-0.05, 0) is 46.3 Å². The van der Waals surface area contributed by atoms with E-state index in [0.717, 1.165) is 12.1 Å². The Morgan fingerprint density at radius 3 is 2.47 bits per heavy atom. The van der Waals surface area contributed by atoms with Crippen molar-refractivity contribution in [3.63, 3.8) is 0 Å². The summed E-state index contributed by atoms with van der Waals surface area (Å²) in [6.45, 7) is 0. The molecule has 1 N–H and O–H groups in total. The molecule has 0 atom stereocenters. The van der Waals surface area contributed by atoms with E-state index in [-0.39, 0.29) is 15.7 Å². The quantitative estimate of drug-likeness (QED) is 0.882. The molecule has 0 aromatic heterocycles. The number of hydrogen-bond acceptors (Lipinski definition) is 1. The molecule has 0 saturated carbocycles. The van der Waals surface area contributed by atoms with Gasteiger partial charge in [-0.3, -0.25) is 4.79 Å². The van der Waals surface area contributed by atoms with Gasteiger partial charge in [-0.25, -0.2) is 13.2 Å². The minimum absolute atomic E-state index is 0.111. The fourth-order valence-corrected chi connectivity index (χ4v) is 1.81. The molecule has 0 unspecified atom stereocenters. The topological polar surface area (TPSA) is 29.1 Å². The van der Waals surface area contributed by atoms with E-state index in [2.05, 4.69) is 21.2 Å². The second-order valence-electron chi connectivity index (χ2n) is 3.68. The Hall–Kier alpha value is -1.82. The van der Waals surface area contributed by atoms with Gasteiger partial charge < -0.3 is 5.32 Å². The van der Waals surface area contributed by atoms with Crippen LogP contribution in [0.2, 0.25) is 0 Å². The molecule has 0 aliphatic rings. The van der Waals surface area contributed by atoms with Crippen LogP contribution in [-0.4, -0.2) is 5.91 Å². The van der Waals surface area contributed by atoms with Crippen LogP contribution in [0.25, 0.3) is 0 Å². The van der Waals surface area contributed by atoms with E-state index in [1.165, 1.54) is 24.3 Å². The summed E-state index contributed by atoms with van der Waals surface area (Å²) < 4.78 is 39.5. The van der Waals surface area contributed by atoms with Gasteiger partial charge in [0.15, 0.2) is 11.6 Å². The van der Waals surface area contributed by atoms with Crippen molar-refractivity contribution in [2.24, 2.45) is 0 Å². The highest BCUT2D eigenvalue weighted by molar-refractivity contribution is 9.10. The largest absolute Gasteiger partial charge is 0.319 e. The summed E-state index contributed by atoms with van der Waals surface area (Å²) in [4.78, 5) is 11.8. The highest BCUT2D eigenvalue weighted by Gasteiger charge is 2.13. The van der Waals surface area contributed by atoms with Gasteiger partial charge in [-0.1, -0.05) is 6.07 Å². The molecule has 0 spiro atoms. The smallest absolute Gasteiger partial charge is 0.255 e. The molecule has 19 heavy (non-hydrogen) atoms. The molecule has 0 fully saturated rings. The van der Waals surface area contributed by atoms with Gasteiger partial charge in [0.1, 0.15) is 5.82 Å². The molecule has 2 nitrogen and oxygen atoms in total. The fraction of sp³-hybridized carbons (Fsp3) is 0. The van der Waals surface area contributed by atoms with Crippen molar-refractivity contribution in [3.05, 3.63) is 63.9 Å². The predicted octanol–water partition coefficient (Wildman–Crippen LogP) is 4.12. The molecule has 2 aromatic rings. The van der Waals surface area contributed by atoms with Crippen molar-refractivity contribution in [1.82, 2.24) is 0 Å². The van der Waals surface area contributed by atoms with Crippen molar-refractivity contribution < 1.29 is 18.0 Å². The number of hydrogen-bond donors (Lipinski definition) is 1. The van der Waals surface area contributed by atoms with Crippen LogP contribution in [0.4, 0.5) is 18.9 Å². The standard InChI is InChI=1S/C13H7BrF3NO/c14-8-6-7(4-5-9(8)15)13(19)18-11-3-1-2-10(16)12(11)17/h1-6H,(H,18,19). The molecular weight excluding hydrogens is 323 g/mol. The second-order valence-corrected chi connectivity index (χ2v) is 4.54. The average Bonchev–Trinajstić information content (AvgIpc) is 2.38. The summed E-state index contributed by atoms with van der Waals surface area (Å²) in [5.74, 6) is -3.38. The lowest BCUT2D eigenvalue weighted by Crippen LogP contribution is -2.13. The number of anilines is 1. The molecule has 0 radical (unpaired) electrons. The highest BCUT2D eigenvalue weighted by Crippen LogP contribution is 2.20. The monoisotopic (exact) mass is 329 g/mol. The zero-order chi connectivity index (χ0) is 14.0. The van der Waals surface area contributed by atoms with E-state index >= 15 is 0 Å². The third-order valence-corrected chi connectivity index (χ3v) is 2.99. The van der Waals surface area contributed by atoms with Crippen LogP contribution < -0.4 is 5.32 Å². The molecule has 0 saturated heterocycles. The Balaban J connectivity index is 2.26. The third kappa shape index (κ3) is 2.96. The van der Waals surface area contributed by atoms with Crippen LogP contribution in [0.3, 0.4) is 0 Å². The number of amides is 1. The minimum Gasteiger partial charge on any atom is -0.319 e. The maximum absolute atomic E-state index is 13.4. The van der Waals surface area contributed by atoms with Gasteiger partial charge in [-0.15, -0.1) is 0 Å². The van der Waals surface area contributed by atoms with E-state index in [1.807, 2.05) is 0 Å². The van der Waals surface area contributed by atoms with Crippen molar-refractivity contribution in [2.75, 3.05) is 5.32 Å². The van der Waals surface area contributed by atoms with Crippen molar-refractivity contribution in [3.8, 4) is 0 Å². The van der Waals surface area contributed by atoms with Crippen LogP contribution in [0, 0.1) is 17.5 Å². The van der Waals surface area contributed by atoms with E-state index in [9.17, 15) is 18.0 Å². The van der Waals surface area contributed by atoms with Gasteiger partial charge in [-0.2, -0.15) is 0 Å². The Bertz CT molecular complexity index is 646. The zero-order valence-corrected chi connectivity index (χ0v) is 11.0. The average molecular weight is 330 g/mol. The summed E-state index contributed by atoms with van der Waals surface area (Å²) in [6, 6.07) is 7.04. The summed E-state index contributed by atoms with van der Waals surface area (Å²) >= 11 is 2.94. The number of benzene rings is 2. The maximum Gasteiger partial charge on any atom is 0.255 e. The summed E-state index contributed by atoms with van der Waals surface area (Å²) in [5.41, 5.74) is -0.151. The molecule has 98 valence electrons. The third-order valence-electron chi connectivity index (χ3n) is 2.38. The lowest BCUT2D eigenvalue weighted by Gasteiger charge is -2.07. The Morgan fingerprint density at radius 1 is 1.05 bits per heavy atom. The molecule has 0 heterocycles. The SMILES string of the molecule is O=C(Nc1cccc(F)c1F)c1ccc(F)c(Br)c1. The molecule has 0 bridgehead atoms. The lowest BCUT2D eigenvalue weighted by atomic mass is 10.2. The lowest BCUT2D eigenvalue weighted by molar-refractivity contribution is 0.102. The molecule has 1 amide bonds. The van der Waals surface area contributed by atoms with Gasteiger partial charge in [0, 0.05) is 5.56 Å². The molecule has 6 heteroatoms. The van der Waals surface area contributed by atoms with Crippen molar-refractivity contribution in [2.45, 2.75) is 0 Å². The second kappa shape index (κ2) is 5.44. The van der Waals surface area contributed by atoms with Gasteiger partial charge in [0.05, 0.1) is 10.2 Å². The number of carbonyl (C=O) groups excluding carboxylic acids is 1. The first-order chi connectivity index (χ1) is 8.99. The van der Waals surface area contributed by atoms with Crippen LogP contribution >= 0.6 is 15.9 Å². The first-order valence-electron chi connectivity index (χ1n) is 5.19. The van der Waals surface area contributed by atoms with Gasteiger partial charge in [0.25, 0.3) is 5.91 Å². The van der Waals surface area contributed by atoms with Gasteiger partial charge in [0.2, 0.25) is 0 Å². The van der Waals surface area contributed by atoms with E-state index in [4.69, 9.17) is 0 Å². The van der Waals surface area contributed by atoms with Crippen LogP contribution in [-0.2, 0) is 0 Å². The summed E-state index contributed by atoms with van der Waals surface area (Å²) in [7, 11) is 0. The van der Waals surface area contributed by atoms with E-state index < -0.39 is 23.4 Å².